The highest BCUT2D eigenvalue weighted by Crippen LogP contribution is 2.40. The van der Waals surface area contributed by atoms with Gasteiger partial charge in [-0.2, -0.15) is 0 Å². The van der Waals surface area contributed by atoms with Crippen LogP contribution in [0.2, 0.25) is 5.02 Å². The van der Waals surface area contributed by atoms with Gasteiger partial charge in [0.1, 0.15) is 17.6 Å². The first kappa shape index (κ1) is 18.5. The summed E-state index contributed by atoms with van der Waals surface area (Å²) < 4.78 is 6.09. The molecule has 1 saturated heterocycles. The largest absolute Gasteiger partial charge is 0.478 e. The molecule has 2 N–H and O–H groups in total. The predicted octanol–water partition coefficient (Wildman–Crippen LogP) is 4.30. The first-order valence-electron chi connectivity index (χ1n) is 8.53. The highest BCUT2D eigenvalue weighted by atomic mass is 35.5. The number of aromatic nitrogens is 1. The molecule has 4 rings (SSSR count). The first-order chi connectivity index (χ1) is 13.5. The molecule has 0 radical (unpaired) electrons. The molecular weight excluding hydrogens is 398 g/mol. The quantitative estimate of drug-likeness (QED) is 0.617. The van der Waals surface area contributed by atoms with E-state index in [9.17, 15) is 9.90 Å². The molecule has 28 heavy (non-hydrogen) atoms. The van der Waals surface area contributed by atoms with Crippen LogP contribution in [-0.2, 0) is 0 Å². The normalized spacial score (nSPS) is 18.9. The molecular formula is C20H16ClN3O3S. The van der Waals surface area contributed by atoms with Gasteiger partial charge in [-0.3, -0.25) is 4.98 Å². The summed E-state index contributed by atoms with van der Waals surface area (Å²) >= 11 is 11.7. The Bertz CT molecular complexity index is 1050. The predicted molar refractivity (Wildman–Crippen MR) is 109 cm³/mol. The maximum absolute atomic E-state index is 11.3. The summed E-state index contributed by atoms with van der Waals surface area (Å²) in [4.78, 5) is 17.6. The van der Waals surface area contributed by atoms with Crippen molar-refractivity contribution in [2.45, 2.75) is 12.1 Å². The van der Waals surface area contributed by atoms with Crippen LogP contribution in [0.5, 0.6) is 0 Å². The van der Waals surface area contributed by atoms with Crippen LogP contribution in [0.1, 0.15) is 33.9 Å². The minimum absolute atomic E-state index is 0.143. The molecule has 3 aromatic rings. The summed E-state index contributed by atoms with van der Waals surface area (Å²) in [7, 11) is 1.89. The standard InChI is InChI=1S/C20H16ClN3O3S/c1-24-18(17(23-20(24)28)14-4-2-3-9-22-14)16-8-7-15(27-16)12-10-11(19(25)26)5-6-13(12)21/h2-10,17-18H,1H3,(H,23,28)(H,25,26). The van der Waals surface area contributed by atoms with Gasteiger partial charge in [0.25, 0.3) is 0 Å². The molecule has 142 valence electrons. The Hall–Kier alpha value is -2.90. The molecule has 1 aromatic carbocycles. The van der Waals surface area contributed by atoms with Crippen molar-refractivity contribution in [2.24, 2.45) is 0 Å². The molecule has 8 heteroatoms. The van der Waals surface area contributed by atoms with Crippen molar-refractivity contribution in [2.75, 3.05) is 7.05 Å². The molecule has 2 atom stereocenters. The summed E-state index contributed by atoms with van der Waals surface area (Å²) in [6.07, 6.45) is 1.74. The number of nitrogens with zero attached hydrogens (tertiary/aromatic N) is 2. The smallest absolute Gasteiger partial charge is 0.335 e. The van der Waals surface area contributed by atoms with Crippen LogP contribution < -0.4 is 5.32 Å². The van der Waals surface area contributed by atoms with Crippen LogP contribution in [0, 0.1) is 0 Å². The van der Waals surface area contributed by atoms with Gasteiger partial charge in [-0.15, -0.1) is 0 Å². The molecule has 6 nitrogen and oxygen atoms in total. The van der Waals surface area contributed by atoms with Gasteiger partial charge < -0.3 is 19.7 Å². The van der Waals surface area contributed by atoms with E-state index in [2.05, 4.69) is 10.3 Å². The fourth-order valence-electron chi connectivity index (χ4n) is 3.32. The highest BCUT2D eigenvalue weighted by molar-refractivity contribution is 7.80. The summed E-state index contributed by atoms with van der Waals surface area (Å²) in [6.45, 7) is 0. The molecule has 2 aromatic heterocycles. The molecule has 0 bridgehead atoms. The molecule has 1 aliphatic heterocycles. The Morgan fingerprint density at radius 3 is 2.82 bits per heavy atom. The van der Waals surface area contributed by atoms with Crippen molar-refractivity contribution in [3.63, 3.8) is 0 Å². The molecule has 0 spiro atoms. The minimum Gasteiger partial charge on any atom is -0.478 e. The van der Waals surface area contributed by atoms with Gasteiger partial charge >= 0.3 is 5.97 Å². The summed E-state index contributed by atoms with van der Waals surface area (Å²) in [5, 5.41) is 13.5. The number of furan rings is 1. The van der Waals surface area contributed by atoms with E-state index in [4.69, 9.17) is 28.2 Å². The van der Waals surface area contributed by atoms with E-state index in [0.717, 1.165) is 5.69 Å². The topological polar surface area (TPSA) is 78.6 Å². The minimum atomic E-state index is -1.02. The number of halogens is 1. The fourth-order valence-corrected chi connectivity index (χ4v) is 3.77. The Morgan fingerprint density at radius 1 is 1.29 bits per heavy atom. The third kappa shape index (κ3) is 3.23. The number of hydrogen-bond donors (Lipinski definition) is 2. The van der Waals surface area contributed by atoms with Gasteiger partial charge in [-0.05, 0) is 54.7 Å². The summed E-state index contributed by atoms with van der Waals surface area (Å²) in [6, 6.07) is 13.5. The number of carboxylic acids is 1. The average molecular weight is 414 g/mol. The highest BCUT2D eigenvalue weighted by Gasteiger charge is 2.39. The van der Waals surface area contributed by atoms with E-state index >= 15 is 0 Å². The van der Waals surface area contributed by atoms with Crippen molar-refractivity contribution in [3.8, 4) is 11.3 Å². The van der Waals surface area contributed by atoms with Gasteiger partial charge in [0.2, 0.25) is 0 Å². The Morgan fingerprint density at radius 2 is 2.11 bits per heavy atom. The van der Waals surface area contributed by atoms with Gasteiger partial charge in [0.15, 0.2) is 5.11 Å². The van der Waals surface area contributed by atoms with Crippen LogP contribution in [0.15, 0.2) is 59.1 Å². The van der Waals surface area contributed by atoms with E-state index in [-0.39, 0.29) is 17.6 Å². The van der Waals surface area contributed by atoms with Gasteiger partial charge in [0.05, 0.1) is 22.3 Å². The Kier molecular flexibility index (Phi) is 4.78. The number of likely N-dealkylation sites (N-methyl/N-ethyl adjacent to an activating group) is 1. The number of carboxylic acid groups (broad SMARTS) is 1. The lowest BCUT2D eigenvalue weighted by Crippen LogP contribution is -2.24. The molecule has 2 unspecified atom stereocenters. The maximum atomic E-state index is 11.3. The van der Waals surface area contributed by atoms with Crippen LogP contribution in [-0.4, -0.2) is 33.1 Å². The third-order valence-electron chi connectivity index (χ3n) is 4.74. The zero-order chi connectivity index (χ0) is 19.8. The summed E-state index contributed by atoms with van der Waals surface area (Å²) in [5.41, 5.74) is 1.52. The van der Waals surface area contributed by atoms with Crippen LogP contribution in [0.25, 0.3) is 11.3 Å². The van der Waals surface area contributed by atoms with Crippen molar-refractivity contribution in [1.29, 1.82) is 0 Å². The van der Waals surface area contributed by atoms with Gasteiger partial charge in [-0.1, -0.05) is 17.7 Å². The van der Waals surface area contributed by atoms with Crippen molar-refractivity contribution < 1.29 is 14.3 Å². The van der Waals surface area contributed by atoms with Crippen LogP contribution in [0.3, 0.4) is 0 Å². The zero-order valence-corrected chi connectivity index (χ0v) is 16.4. The van der Waals surface area contributed by atoms with Gasteiger partial charge in [-0.25, -0.2) is 4.79 Å². The zero-order valence-electron chi connectivity index (χ0n) is 14.8. The number of aromatic carboxylic acids is 1. The number of hydrogen-bond acceptors (Lipinski definition) is 4. The lowest BCUT2D eigenvalue weighted by atomic mass is 10.0. The lowest BCUT2D eigenvalue weighted by Gasteiger charge is -2.21. The molecule has 1 aliphatic rings. The van der Waals surface area contributed by atoms with Crippen molar-refractivity contribution >= 4 is 34.9 Å². The number of pyridine rings is 1. The monoisotopic (exact) mass is 413 g/mol. The molecule has 1 fully saturated rings. The molecule has 0 aliphatic carbocycles. The second kappa shape index (κ2) is 7.26. The fraction of sp³-hybridized carbons (Fsp3) is 0.150. The van der Waals surface area contributed by atoms with E-state index in [1.807, 2.05) is 36.2 Å². The number of rotatable bonds is 4. The summed E-state index contributed by atoms with van der Waals surface area (Å²) in [5.74, 6) is 0.149. The molecule has 3 heterocycles. The number of nitrogens with one attached hydrogen (secondary N) is 1. The van der Waals surface area contributed by atoms with Crippen LogP contribution in [0.4, 0.5) is 0 Å². The SMILES string of the molecule is CN1C(=S)NC(c2ccccn2)C1c1ccc(-c2cc(C(=O)O)ccc2Cl)o1. The molecule has 0 amide bonds. The third-order valence-corrected chi connectivity index (χ3v) is 5.47. The molecule has 0 saturated carbocycles. The number of thiocarbonyl (C=S) groups is 1. The lowest BCUT2D eigenvalue weighted by molar-refractivity contribution is 0.0697. The van der Waals surface area contributed by atoms with E-state index in [0.29, 0.717) is 27.2 Å². The average Bonchev–Trinajstić information content (AvgIpc) is 3.28. The number of carbonyl (C=O) groups is 1. The number of benzene rings is 1. The maximum Gasteiger partial charge on any atom is 0.335 e. The first-order valence-corrected chi connectivity index (χ1v) is 9.31. The Balaban J connectivity index is 1.73. The van der Waals surface area contributed by atoms with Crippen molar-refractivity contribution in [1.82, 2.24) is 15.2 Å². The van der Waals surface area contributed by atoms with E-state index in [1.165, 1.54) is 12.1 Å². The second-order valence-corrected chi connectivity index (χ2v) is 7.23. The Labute approximate surface area is 171 Å². The second-order valence-electron chi connectivity index (χ2n) is 6.44. The van der Waals surface area contributed by atoms with Crippen LogP contribution >= 0.6 is 23.8 Å². The van der Waals surface area contributed by atoms with Gasteiger partial charge in [0, 0.05) is 18.8 Å². The van der Waals surface area contributed by atoms with E-state index in [1.54, 1.807) is 18.3 Å². The van der Waals surface area contributed by atoms with E-state index < -0.39 is 5.97 Å². The van der Waals surface area contributed by atoms with Crippen molar-refractivity contribution in [3.05, 3.63) is 76.8 Å².